The quantitative estimate of drug-likeness (QED) is 0.891. The van der Waals surface area contributed by atoms with Crippen molar-refractivity contribution in [3.63, 3.8) is 0 Å². The van der Waals surface area contributed by atoms with Gasteiger partial charge in [0.15, 0.2) is 0 Å². The molecule has 0 saturated heterocycles. The molecule has 102 valence electrons. The first kappa shape index (κ1) is 13.8. The van der Waals surface area contributed by atoms with Crippen LogP contribution in [0.25, 0.3) is 0 Å². The Bertz CT molecular complexity index is 647. The van der Waals surface area contributed by atoms with Gasteiger partial charge in [-0.2, -0.15) is 5.26 Å². The van der Waals surface area contributed by atoms with Gasteiger partial charge in [-0.3, -0.25) is 0 Å². The van der Waals surface area contributed by atoms with E-state index < -0.39 is 0 Å². The molecule has 4 nitrogen and oxygen atoms in total. The van der Waals surface area contributed by atoms with Gasteiger partial charge < -0.3 is 15.2 Å². The first-order valence-corrected chi connectivity index (χ1v) is 6.27. The second kappa shape index (κ2) is 5.98. The Kier molecular flexibility index (Phi) is 4.11. The van der Waals surface area contributed by atoms with E-state index >= 15 is 0 Å². The third kappa shape index (κ3) is 3.01. The SMILES string of the molecule is COc1ccc(O)c(C(C)Nc2cccc(C#N)c2)c1. The molecule has 0 aromatic heterocycles. The van der Waals surface area contributed by atoms with Crippen molar-refractivity contribution in [2.24, 2.45) is 0 Å². The molecule has 0 radical (unpaired) electrons. The Labute approximate surface area is 118 Å². The van der Waals surface area contributed by atoms with Gasteiger partial charge in [-0.15, -0.1) is 0 Å². The molecule has 2 rings (SSSR count). The molecule has 4 heteroatoms. The molecule has 0 heterocycles. The minimum atomic E-state index is -0.112. The molecule has 0 spiro atoms. The van der Waals surface area contributed by atoms with E-state index in [0.29, 0.717) is 11.3 Å². The zero-order valence-electron chi connectivity index (χ0n) is 11.4. The van der Waals surface area contributed by atoms with E-state index in [1.807, 2.05) is 19.1 Å². The first-order valence-electron chi connectivity index (χ1n) is 6.27. The highest BCUT2D eigenvalue weighted by Gasteiger charge is 2.11. The molecule has 20 heavy (non-hydrogen) atoms. The van der Waals surface area contributed by atoms with Gasteiger partial charge in [0.25, 0.3) is 0 Å². The second-order valence-electron chi connectivity index (χ2n) is 4.48. The monoisotopic (exact) mass is 268 g/mol. The van der Waals surface area contributed by atoms with Crippen LogP contribution in [0.15, 0.2) is 42.5 Å². The first-order chi connectivity index (χ1) is 9.63. The summed E-state index contributed by atoms with van der Waals surface area (Å²) in [5, 5.41) is 22.1. The molecule has 1 unspecified atom stereocenters. The van der Waals surface area contributed by atoms with Crippen LogP contribution >= 0.6 is 0 Å². The fourth-order valence-electron chi connectivity index (χ4n) is 2.01. The van der Waals surface area contributed by atoms with Crippen molar-refractivity contribution in [2.45, 2.75) is 13.0 Å². The summed E-state index contributed by atoms with van der Waals surface area (Å²) in [7, 11) is 1.59. The average Bonchev–Trinajstić information content (AvgIpc) is 2.47. The molecule has 0 bridgehead atoms. The number of ether oxygens (including phenoxy) is 1. The highest BCUT2D eigenvalue weighted by Crippen LogP contribution is 2.30. The maximum Gasteiger partial charge on any atom is 0.121 e. The maximum atomic E-state index is 9.93. The summed E-state index contributed by atoms with van der Waals surface area (Å²) in [4.78, 5) is 0. The summed E-state index contributed by atoms with van der Waals surface area (Å²) in [5.74, 6) is 0.902. The Morgan fingerprint density at radius 1 is 1.25 bits per heavy atom. The maximum absolute atomic E-state index is 9.93. The van der Waals surface area contributed by atoms with Crippen LogP contribution in [0.4, 0.5) is 5.69 Å². The molecule has 1 atom stereocenters. The van der Waals surface area contributed by atoms with Crippen molar-refractivity contribution in [3.8, 4) is 17.6 Å². The molecular formula is C16H16N2O2. The third-order valence-corrected chi connectivity index (χ3v) is 3.08. The number of benzene rings is 2. The molecule has 0 saturated carbocycles. The van der Waals surface area contributed by atoms with E-state index in [4.69, 9.17) is 10.00 Å². The number of aromatic hydroxyl groups is 1. The number of phenolic OH excluding ortho intramolecular Hbond substituents is 1. The molecule has 0 amide bonds. The fourth-order valence-corrected chi connectivity index (χ4v) is 2.01. The van der Waals surface area contributed by atoms with Gasteiger partial charge in [-0.05, 0) is 43.3 Å². The van der Waals surface area contributed by atoms with Gasteiger partial charge in [0.1, 0.15) is 11.5 Å². The van der Waals surface area contributed by atoms with Gasteiger partial charge >= 0.3 is 0 Å². The Morgan fingerprint density at radius 2 is 2.05 bits per heavy atom. The van der Waals surface area contributed by atoms with Crippen LogP contribution in [-0.2, 0) is 0 Å². The lowest BCUT2D eigenvalue weighted by Crippen LogP contribution is -2.07. The van der Waals surface area contributed by atoms with Crippen LogP contribution < -0.4 is 10.1 Å². The summed E-state index contributed by atoms with van der Waals surface area (Å²) >= 11 is 0. The molecule has 0 aliphatic carbocycles. The van der Waals surface area contributed by atoms with E-state index in [0.717, 1.165) is 11.3 Å². The third-order valence-electron chi connectivity index (χ3n) is 3.08. The number of nitrogens with one attached hydrogen (secondary N) is 1. The van der Waals surface area contributed by atoms with Gasteiger partial charge in [0, 0.05) is 11.3 Å². The molecule has 0 aliphatic rings. The van der Waals surface area contributed by atoms with E-state index in [1.165, 1.54) is 0 Å². The zero-order chi connectivity index (χ0) is 14.5. The fraction of sp³-hybridized carbons (Fsp3) is 0.188. The predicted octanol–water partition coefficient (Wildman–Crippen LogP) is 3.45. The van der Waals surface area contributed by atoms with E-state index in [1.54, 1.807) is 37.4 Å². The summed E-state index contributed by atoms with van der Waals surface area (Å²) in [5.41, 5.74) is 2.17. The molecule has 0 aliphatic heterocycles. The van der Waals surface area contributed by atoms with E-state index in [-0.39, 0.29) is 11.8 Å². The van der Waals surface area contributed by atoms with Gasteiger partial charge in [-0.1, -0.05) is 6.07 Å². The van der Waals surface area contributed by atoms with Crippen molar-refractivity contribution in [1.29, 1.82) is 5.26 Å². The van der Waals surface area contributed by atoms with E-state index in [9.17, 15) is 5.11 Å². The van der Waals surface area contributed by atoms with Crippen LogP contribution in [-0.4, -0.2) is 12.2 Å². The lowest BCUT2D eigenvalue weighted by molar-refractivity contribution is 0.410. The van der Waals surface area contributed by atoms with Crippen LogP contribution in [0.5, 0.6) is 11.5 Å². The molecule has 2 N–H and O–H groups in total. The highest BCUT2D eigenvalue weighted by molar-refractivity contribution is 5.52. The zero-order valence-corrected chi connectivity index (χ0v) is 11.4. The Hall–Kier alpha value is -2.67. The van der Waals surface area contributed by atoms with Crippen molar-refractivity contribution >= 4 is 5.69 Å². The smallest absolute Gasteiger partial charge is 0.121 e. The highest BCUT2D eigenvalue weighted by atomic mass is 16.5. The van der Waals surface area contributed by atoms with E-state index in [2.05, 4.69) is 11.4 Å². The van der Waals surface area contributed by atoms with Crippen LogP contribution in [0.2, 0.25) is 0 Å². The summed E-state index contributed by atoms with van der Waals surface area (Å²) in [6, 6.07) is 14.3. The van der Waals surface area contributed by atoms with Gasteiger partial charge in [0.05, 0.1) is 24.8 Å². The largest absolute Gasteiger partial charge is 0.508 e. The normalized spacial score (nSPS) is 11.4. The summed E-state index contributed by atoms with van der Waals surface area (Å²) in [6.45, 7) is 1.94. The minimum absolute atomic E-state index is 0.112. The van der Waals surface area contributed by atoms with Crippen molar-refractivity contribution in [2.75, 3.05) is 12.4 Å². The lowest BCUT2D eigenvalue weighted by atomic mass is 10.1. The second-order valence-corrected chi connectivity index (χ2v) is 4.48. The predicted molar refractivity (Wildman–Crippen MR) is 77.9 cm³/mol. The number of methoxy groups -OCH3 is 1. The molecule has 2 aromatic rings. The molecular weight excluding hydrogens is 252 g/mol. The van der Waals surface area contributed by atoms with Crippen molar-refractivity contribution in [1.82, 2.24) is 0 Å². The number of anilines is 1. The number of nitriles is 1. The number of hydrogen-bond donors (Lipinski definition) is 2. The Balaban J connectivity index is 2.23. The van der Waals surface area contributed by atoms with Crippen LogP contribution in [0, 0.1) is 11.3 Å². The number of nitrogens with zero attached hydrogens (tertiary/aromatic N) is 1. The van der Waals surface area contributed by atoms with Crippen molar-refractivity contribution in [3.05, 3.63) is 53.6 Å². The summed E-state index contributed by atoms with van der Waals surface area (Å²) in [6.07, 6.45) is 0. The van der Waals surface area contributed by atoms with Crippen LogP contribution in [0.3, 0.4) is 0 Å². The lowest BCUT2D eigenvalue weighted by Gasteiger charge is -2.17. The topological polar surface area (TPSA) is 65.3 Å². The van der Waals surface area contributed by atoms with Gasteiger partial charge in [-0.25, -0.2) is 0 Å². The average molecular weight is 268 g/mol. The summed E-state index contributed by atoms with van der Waals surface area (Å²) < 4.78 is 5.16. The van der Waals surface area contributed by atoms with Crippen LogP contribution in [0.1, 0.15) is 24.1 Å². The molecule has 0 fully saturated rings. The van der Waals surface area contributed by atoms with Crippen molar-refractivity contribution < 1.29 is 9.84 Å². The number of rotatable bonds is 4. The standard InChI is InChI=1S/C16H16N2O2/c1-11(15-9-14(20-2)6-7-16(15)19)18-13-5-3-4-12(8-13)10-17/h3-9,11,18-19H,1-2H3. The van der Waals surface area contributed by atoms with Gasteiger partial charge in [0.2, 0.25) is 0 Å². The molecule has 2 aromatic carbocycles. The Morgan fingerprint density at radius 3 is 2.75 bits per heavy atom. The number of phenols is 1. The number of hydrogen-bond acceptors (Lipinski definition) is 4. The minimum Gasteiger partial charge on any atom is -0.508 e.